The summed E-state index contributed by atoms with van der Waals surface area (Å²) in [6, 6.07) is 12.5. The van der Waals surface area contributed by atoms with Gasteiger partial charge in [0.25, 0.3) is 5.91 Å². The number of carbonyl (C=O) groups excluding carboxylic acids is 2. The van der Waals surface area contributed by atoms with Crippen LogP contribution in [0.4, 0.5) is 4.39 Å². The number of H-pyrrole nitrogens is 1. The number of imidazole rings is 1. The summed E-state index contributed by atoms with van der Waals surface area (Å²) in [7, 11) is 0. The Morgan fingerprint density at radius 2 is 1.72 bits per heavy atom. The maximum atomic E-state index is 14.0. The van der Waals surface area contributed by atoms with E-state index in [0.717, 1.165) is 11.0 Å². The third-order valence-corrected chi connectivity index (χ3v) is 6.10. The lowest BCUT2D eigenvalue weighted by Crippen LogP contribution is -2.53. The van der Waals surface area contributed by atoms with Crippen molar-refractivity contribution < 1.29 is 14.0 Å². The number of likely N-dealkylation sites (tertiary alicyclic amines) is 1. The van der Waals surface area contributed by atoms with Crippen molar-refractivity contribution in [3.05, 3.63) is 70.4 Å². The van der Waals surface area contributed by atoms with Gasteiger partial charge >= 0.3 is 5.69 Å². The number of amides is 2. The topological polar surface area (TPSA) is 87.2 Å². The van der Waals surface area contributed by atoms with E-state index < -0.39 is 17.8 Å². The number of hydrogen-bond acceptors (Lipinski definition) is 3. The van der Waals surface area contributed by atoms with Crippen molar-refractivity contribution in [2.24, 2.45) is 5.92 Å². The van der Waals surface area contributed by atoms with Crippen molar-refractivity contribution >= 4 is 22.8 Å². The fraction of sp³-hybridized carbons (Fsp3) is 0.375. The number of carbonyl (C=O) groups is 2. The molecule has 4 rings (SSSR count). The van der Waals surface area contributed by atoms with Gasteiger partial charge in [0, 0.05) is 19.1 Å². The molecule has 1 atom stereocenters. The Morgan fingerprint density at radius 1 is 1.06 bits per heavy atom. The Balaban J connectivity index is 1.45. The fourth-order valence-electron chi connectivity index (χ4n) is 4.36. The molecule has 0 aliphatic carbocycles. The lowest BCUT2D eigenvalue weighted by Gasteiger charge is -2.35. The molecule has 0 bridgehead atoms. The van der Waals surface area contributed by atoms with Crippen molar-refractivity contribution in [2.45, 2.75) is 38.8 Å². The number of piperidine rings is 1. The van der Waals surface area contributed by atoms with Crippen molar-refractivity contribution in [3.8, 4) is 0 Å². The van der Waals surface area contributed by atoms with Crippen LogP contribution in [-0.2, 0) is 4.79 Å². The van der Waals surface area contributed by atoms with Gasteiger partial charge in [-0.25, -0.2) is 9.18 Å². The maximum absolute atomic E-state index is 14.0. The van der Waals surface area contributed by atoms with Gasteiger partial charge in [0.15, 0.2) is 0 Å². The number of aromatic amines is 1. The van der Waals surface area contributed by atoms with Gasteiger partial charge in [-0.3, -0.25) is 14.2 Å². The Bertz CT molecular complexity index is 1190. The van der Waals surface area contributed by atoms with Crippen LogP contribution in [0.2, 0.25) is 0 Å². The van der Waals surface area contributed by atoms with Crippen LogP contribution in [0, 0.1) is 11.7 Å². The van der Waals surface area contributed by atoms with Crippen LogP contribution in [0.5, 0.6) is 0 Å². The molecule has 2 heterocycles. The summed E-state index contributed by atoms with van der Waals surface area (Å²) in [6.07, 6.45) is 1.28. The van der Waals surface area contributed by atoms with E-state index in [2.05, 4.69) is 10.3 Å². The van der Waals surface area contributed by atoms with E-state index in [-0.39, 0.29) is 29.1 Å². The molecule has 1 aliphatic heterocycles. The minimum Gasteiger partial charge on any atom is -0.341 e. The van der Waals surface area contributed by atoms with Gasteiger partial charge in [0.1, 0.15) is 11.9 Å². The standard InChI is InChI=1S/C24H27FN4O3/c1-15(2)21(27-22(30)17-7-3-4-8-18(17)25)23(31)28-13-11-16(12-14-28)29-20-10-6-5-9-19(20)26-24(29)32/h3-10,15-16,21H,11-14H2,1-2H3,(H,26,32)(H,27,30)/t21-/m0/s1. The molecular weight excluding hydrogens is 411 g/mol. The Labute approximate surface area is 185 Å². The SMILES string of the molecule is CC(C)[C@H](NC(=O)c1ccccc1F)C(=O)N1CCC(n2c(=O)[nH]c3ccccc32)CC1. The number of nitrogens with zero attached hydrogens (tertiary/aromatic N) is 2. The van der Waals surface area contributed by atoms with Gasteiger partial charge in [0.05, 0.1) is 16.6 Å². The number of fused-ring (bicyclic) bond motifs is 1. The first-order chi connectivity index (χ1) is 15.4. The smallest absolute Gasteiger partial charge is 0.326 e. The average Bonchev–Trinajstić information content (AvgIpc) is 3.12. The van der Waals surface area contributed by atoms with E-state index in [1.165, 1.54) is 18.2 Å². The molecule has 1 saturated heterocycles. The number of aromatic nitrogens is 2. The molecule has 32 heavy (non-hydrogen) atoms. The number of halogens is 1. The number of rotatable bonds is 5. The van der Waals surface area contributed by atoms with Gasteiger partial charge in [-0.2, -0.15) is 0 Å². The highest BCUT2D eigenvalue weighted by Gasteiger charge is 2.32. The molecular formula is C24H27FN4O3. The number of hydrogen-bond donors (Lipinski definition) is 2. The quantitative estimate of drug-likeness (QED) is 0.642. The first-order valence-corrected chi connectivity index (χ1v) is 10.9. The molecule has 1 aliphatic rings. The van der Waals surface area contributed by atoms with Crippen molar-refractivity contribution in [1.29, 1.82) is 0 Å². The second-order valence-corrected chi connectivity index (χ2v) is 8.55. The van der Waals surface area contributed by atoms with Crippen molar-refractivity contribution in [3.63, 3.8) is 0 Å². The predicted octanol–water partition coefficient (Wildman–Crippen LogP) is 3.09. The third kappa shape index (κ3) is 4.17. The normalized spacial score (nSPS) is 15.8. The molecule has 1 aromatic heterocycles. The molecule has 8 heteroatoms. The van der Waals surface area contributed by atoms with Crippen molar-refractivity contribution in [1.82, 2.24) is 19.8 Å². The third-order valence-electron chi connectivity index (χ3n) is 6.10. The molecule has 0 unspecified atom stereocenters. The Kier molecular flexibility index (Phi) is 6.12. The van der Waals surface area contributed by atoms with Gasteiger partial charge in [-0.1, -0.05) is 38.1 Å². The first-order valence-electron chi connectivity index (χ1n) is 10.9. The second-order valence-electron chi connectivity index (χ2n) is 8.55. The van der Waals surface area contributed by atoms with Gasteiger partial charge in [-0.05, 0) is 43.0 Å². The lowest BCUT2D eigenvalue weighted by molar-refractivity contribution is -0.135. The zero-order chi connectivity index (χ0) is 22.8. The molecule has 0 spiro atoms. The predicted molar refractivity (Wildman–Crippen MR) is 120 cm³/mol. The number of nitrogens with one attached hydrogen (secondary N) is 2. The monoisotopic (exact) mass is 438 g/mol. The van der Waals surface area contributed by atoms with Crippen LogP contribution in [0.15, 0.2) is 53.3 Å². The largest absolute Gasteiger partial charge is 0.341 e. The van der Waals surface area contributed by atoms with Crippen LogP contribution in [-0.4, -0.2) is 45.4 Å². The van der Waals surface area contributed by atoms with Crippen LogP contribution < -0.4 is 11.0 Å². The van der Waals surface area contributed by atoms with Gasteiger partial charge in [-0.15, -0.1) is 0 Å². The second kappa shape index (κ2) is 8.98. The summed E-state index contributed by atoms with van der Waals surface area (Å²) in [5.41, 5.74) is 1.43. The molecule has 1 fully saturated rings. The summed E-state index contributed by atoms with van der Waals surface area (Å²) in [6.45, 7) is 4.66. The molecule has 0 saturated carbocycles. The van der Waals surface area contributed by atoms with E-state index in [0.29, 0.717) is 25.9 Å². The van der Waals surface area contributed by atoms with Crippen LogP contribution in [0.1, 0.15) is 43.1 Å². The van der Waals surface area contributed by atoms with Crippen LogP contribution in [0.3, 0.4) is 0 Å². The van der Waals surface area contributed by atoms with E-state index in [4.69, 9.17) is 0 Å². The summed E-state index contributed by atoms with van der Waals surface area (Å²) in [5, 5.41) is 2.71. The van der Waals surface area contributed by atoms with E-state index >= 15 is 0 Å². The molecule has 3 aromatic rings. The molecule has 2 aromatic carbocycles. The first kappa shape index (κ1) is 21.8. The summed E-state index contributed by atoms with van der Waals surface area (Å²) in [5.74, 6) is -1.57. The summed E-state index contributed by atoms with van der Waals surface area (Å²) >= 11 is 0. The molecule has 7 nitrogen and oxygen atoms in total. The van der Waals surface area contributed by atoms with E-state index in [1.54, 1.807) is 15.5 Å². The molecule has 168 valence electrons. The zero-order valence-corrected chi connectivity index (χ0v) is 18.2. The highest BCUT2D eigenvalue weighted by Crippen LogP contribution is 2.25. The minimum absolute atomic E-state index is 0.00629. The molecule has 0 radical (unpaired) electrons. The van der Waals surface area contributed by atoms with Gasteiger partial charge < -0.3 is 15.2 Å². The van der Waals surface area contributed by atoms with E-state index in [9.17, 15) is 18.8 Å². The summed E-state index contributed by atoms with van der Waals surface area (Å²) in [4.78, 5) is 42.9. The van der Waals surface area contributed by atoms with Gasteiger partial charge in [0.2, 0.25) is 5.91 Å². The minimum atomic E-state index is -0.755. The number of benzene rings is 2. The maximum Gasteiger partial charge on any atom is 0.326 e. The Hall–Kier alpha value is -3.42. The molecule has 2 N–H and O–H groups in total. The highest BCUT2D eigenvalue weighted by molar-refractivity contribution is 5.97. The molecule has 2 amide bonds. The van der Waals surface area contributed by atoms with Crippen molar-refractivity contribution in [2.75, 3.05) is 13.1 Å². The average molecular weight is 439 g/mol. The van der Waals surface area contributed by atoms with E-state index in [1.807, 2.05) is 38.1 Å². The van der Waals surface area contributed by atoms with Crippen LogP contribution >= 0.6 is 0 Å². The highest BCUT2D eigenvalue weighted by atomic mass is 19.1. The summed E-state index contributed by atoms with van der Waals surface area (Å²) < 4.78 is 15.8. The van der Waals surface area contributed by atoms with Crippen LogP contribution in [0.25, 0.3) is 11.0 Å². The number of para-hydroxylation sites is 2. The fourth-order valence-corrected chi connectivity index (χ4v) is 4.36. The lowest BCUT2D eigenvalue weighted by atomic mass is 9.99. The Morgan fingerprint density at radius 3 is 2.41 bits per heavy atom. The zero-order valence-electron chi connectivity index (χ0n) is 18.2.